The van der Waals surface area contributed by atoms with Crippen LogP contribution in [0.3, 0.4) is 0 Å². The van der Waals surface area contributed by atoms with E-state index < -0.39 is 12.0 Å². The first-order chi connectivity index (χ1) is 3.68. The van der Waals surface area contributed by atoms with E-state index in [0.717, 1.165) is 0 Å². The highest BCUT2D eigenvalue weighted by Crippen LogP contribution is 2.10. The van der Waals surface area contributed by atoms with Crippen LogP contribution in [0.15, 0.2) is 0 Å². The number of carboxylic acids is 1. The number of hydrogen-bond acceptors (Lipinski definition) is 3. The molecule has 8 heavy (non-hydrogen) atoms. The minimum absolute atomic E-state index is 0.468. The average molecular weight is 247 g/mol. The highest BCUT2D eigenvalue weighted by Gasteiger charge is 2.08. The Bertz CT molecular complexity index is 89.4. The van der Waals surface area contributed by atoms with Crippen molar-refractivity contribution in [2.24, 2.45) is 5.73 Å². The quantitative estimate of drug-likeness (QED) is 0.712. The highest BCUT2D eigenvalue weighted by molar-refractivity contribution is 14.2. The lowest BCUT2D eigenvalue weighted by Gasteiger charge is -1.99. The van der Waals surface area contributed by atoms with Crippen molar-refractivity contribution < 1.29 is 9.90 Å². The van der Waals surface area contributed by atoms with Gasteiger partial charge in [0.15, 0.2) is 0 Å². The van der Waals surface area contributed by atoms with Gasteiger partial charge >= 0.3 is 5.97 Å². The zero-order valence-corrected chi connectivity index (χ0v) is 6.98. The summed E-state index contributed by atoms with van der Waals surface area (Å²) in [6.07, 6.45) is 0. The maximum absolute atomic E-state index is 9.95. The molecule has 0 aromatic rings. The largest absolute Gasteiger partial charge is 0.480 e. The van der Waals surface area contributed by atoms with Gasteiger partial charge in [-0.25, -0.2) is 0 Å². The van der Waals surface area contributed by atoms with E-state index in [4.69, 9.17) is 10.8 Å². The predicted molar refractivity (Wildman–Crippen MR) is 42.1 cm³/mol. The van der Waals surface area contributed by atoms with Crippen molar-refractivity contribution in [3.05, 3.63) is 0 Å². The third-order valence-corrected chi connectivity index (χ3v) is 2.12. The van der Waals surface area contributed by atoms with Crippen LogP contribution in [0.2, 0.25) is 0 Å². The van der Waals surface area contributed by atoms with Crippen molar-refractivity contribution in [2.75, 3.05) is 5.75 Å². The summed E-state index contributed by atoms with van der Waals surface area (Å²) in [4.78, 5) is 9.95. The van der Waals surface area contributed by atoms with E-state index in [1.807, 2.05) is 21.2 Å². The molecule has 48 valence electrons. The summed E-state index contributed by atoms with van der Waals surface area (Å²) in [6.45, 7) is 0. The normalized spacial score (nSPS) is 13.2. The van der Waals surface area contributed by atoms with Crippen LogP contribution in [-0.2, 0) is 4.79 Å². The molecule has 0 aromatic carbocycles. The number of rotatable bonds is 3. The molecular weight excluding hydrogens is 241 g/mol. The molecule has 5 heteroatoms. The molecule has 0 heterocycles. The molecule has 3 nitrogen and oxygen atoms in total. The first-order valence-electron chi connectivity index (χ1n) is 1.90. The van der Waals surface area contributed by atoms with Crippen molar-refractivity contribution in [3.8, 4) is 0 Å². The van der Waals surface area contributed by atoms with Crippen LogP contribution >= 0.6 is 30.1 Å². The van der Waals surface area contributed by atoms with E-state index in [9.17, 15) is 4.79 Å². The lowest BCUT2D eigenvalue weighted by atomic mass is 10.4. The van der Waals surface area contributed by atoms with Gasteiger partial charge in [-0.2, -0.15) is 0 Å². The Morgan fingerprint density at radius 1 is 2.00 bits per heavy atom. The minimum atomic E-state index is -0.936. The van der Waals surface area contributed by atoms with Gasteiger partial charge in [0.1, 0.15) is 6.04 Å². The summed E-state index contributed by atoms with van der Waals surface area (Å²) in [7, 11) is 1.40. The molecular formula is C3H6INO2S. The van der Waals surface area contributed by atoms with E-state index >= 15 is 0 Å². The van der Waals surface area contributed by atoms with Crippen molar-refractivity contribution in [1.82, 2.24) is 0 Å². The topological polar surface area (TPSA) is 63.3 Å². The molecule has 0 fully saturated rings. The van der Waals surface area contributed by atoms with Gasteiger partial charge in [0.05, 0.1) is 0 Å². The molecule has 0 rings (SSSR count). The van der Waals surface area contributed by atoms with Crippen LogP contribution in [0.4, 0.5) is 0 Å². The number of carbonyl (C=O) groups is 1. The molecule has 0 aliphatic rings. The molecule has 1 atom stereocenters. The van der Waals surface area contributed by atoms with Crippen LogP contribution < -0.4 is 5.73 Å². The SMILES string of the molecule is N[C@H](CSI)C(=O)O. The predicted octanol–water partition coefficient (Wildman–Crippen LogP) is 0.482. The van der Waals surface area contributed by atoms with Crippen LogP contribution in [0.5, 0.6) is 0 Å². The minimum Gasteiger partial charge on any atom is -0.480 e. The average Bonchev–Trinajstić information content (AvgIpc) is 1.67. The Labute approximate surface area is 63.6 Å². The summed E-state index contributed by atoms with van der Waals surface area (Å²) in [5, 5.41) is 8.17. The van der Waals surface area contributed by atoms with Crippen LogP contribution in [0.1, 0.15) is 0 Å². The van der Waals surface area contributed by atoms with Gasteiger partial charge in [-0.15, -0.1) is 0 Å². The lowest BCUT2D eigenvalue weighted by molar-refractivity contribution is -0.137. The first kappa shape index (κ1) is 8.51. The van der Waals surface area contributed by atoms with E-state index in [0.29, 0.717) is 5.75 Å². The Kier molecular flexibility index (Phi) is 4.68. The van der Waals surface area contributed by atoms with Gasteiger partial charge in [0, 0.05) is 5.75 Å². The molecule has 0 amide bonds. The molecule has 0 radical (unpaired) electrons. The van der Waals surface area contributed by atoms with Crippen LogP contribution in [0, 0.1) is 0 Å². The van der Waals surface area contributed by atoms with Crippen molar-refractivity contribution in [2.45, 2.75) is 6.04 Å². The highest BCUT2D eigenvalue weighted by atomic mass is 127. The summed E-state index contributed by atoms with van der Waals surface area (Å²) < 4.78 is 0. The molecule has 0 unspecified atom stereocenters. The zero-order valence-electron chi connectivity index (χ0n) is 4.00. The number of carboxylic acid groups (broad SMARTS) is 1. The van der Waals surface area contributed by atoms with Crippen molar-refractivity contribution in [3.63, 3.8) is 0 Å². The standard InChI is InChI=1S/C3H6INO2S/c4-8-1-2(5)3(6)7/h2H,1,5H2,(H,6,7)/t2-/m1/s1. The van der Waals surface area contributed by atoms with Gasteiger partial charge < -0.3 is 10.8 Å². The third-order valence-electron chi connectivity index (χ3n) is 0.560. The van der Waals surface area contributed by atoms with E-state index in [1.54, 1.807) is 0 Å². The van der Waals surface area contributed by atoms with Gasteiger partial charge in [-0.1, -0.05) is 8.93 Å². The molecule has 0 saturated heterocycles. The summed E-state index contributed by atoms with van der Waals surface area (Å²) >= 11 is 2.01. The van der Waals surface area contributed by atoms with Crippen molar-refractivity contribution in [1.29, 1.82) is 0 Å². The third kappa shape index (κ3) is 3.50. The number of nitrogens with two attached hydrogens (primary N) is 1. The van der Waals surface area contributed by atoms with Gasteiger partial charge in [0.2, 0.25) is 0 Å². The molecule has 0 saturated carbocycles. The molecule has 0 aromatic heterocycles. The Hall–Kier alpha value is 0.510. The number of aliphatic carboxylic acids is 1. The fourth-order valence-electron chi connectivity index (χ4n) is 0.139. The summed E-state index contributed by atoms with van der Waals surface area (Å²) in [5.41, 5.74) is 5.10. The van der Waals surface area contributed by atoms with E-state index in [1.165, 1.54) is 8.93 Å². The number of halogens is 1. The fourth-order valence-corrected chi connectivity index (χ4v) is 1.58. The second kappa shape index (κ2) is 4.39. The maximum Gasteiger partial charge on any atom is 0.321 e. The second-order valence-electron chi connectivity index (χ2n) is 1.22. The van der Waals surface area contributed by atoms with Gasteiger partial charge in [-0.05, 0) is 21.2 Å². The fraction of sp³-hybridized carbons (Fsp3) is 0.667. The Morgan fingerprint density at radius 2 is 2.50 bits per heavy atom. The first-order valence-corrected chi connectivity index (χ1v) is 5.43. The number of hydrogen-bond donors (Lipinski definition) is 2. The van der Waals surface area contributed by atoms with E-state index in [-0.39, 0.29) is 0 Å². The summed E-state index contributed by atoms with van der Waals surface area (Å²) in [6, 6.07) is -0.711. The van der Waals surface area contributed by atoms with Crippen LogP contribution in [-0.4, -0.2) is 22.9 Å². The zero-order chi connectivity index (χ0) is 6.57. The van der Waals surface area contributed by atoms with E-state index in [2.05, 4.69) is 0 Å². The molecule has 3 N–H and O–H groups in total. The van der Waals surface area contributed by atoms with Crippen molar-refractivity contribution >= 4 is 36.1 Å². The summed E-state index contributed by atoms with van der Waals surface area (Å²) in [5.74, 6) is -0.468. The lowest BCUT2D eigenvalue weighted by Crippen LogP contribution is -2.31. The molecule has 0 aliphatic heterocycles. The van der Waals surface area contributed by atoms with Gasteiger partial charge in [-0.3, -0.25) is 4.79 Å². The molecule has 0 bridgehead atoms. The Morgan fingerprint density at radius 3 is 2.62 bits per heavy atom. The maximum atomic E-state index is 9.95. The monoisotopic (exact) mass is 247 g/mol. The second-order valence-corrected chi connectivity index (χ2v) is 3.64. The smallest absolute Gasteiger partial charge is 0.321 e. The van der Waals surface area contributed by atoms with Crippen LogP contribution in [0.25, 0.3) is 0 Å². The molecule has 0 spiro atoms. The Balaban J connectivity index is 3.32. The van der Waals surface area contributed by atoms with Gasteiger partial charge in [0.25, 0.3) is 0 Å². The molecule has 0 aliphatic carbocycles.